The van der Waals surface area contributed by atoms with Crippen LogP contribution in [-0.2, 0) is 21.9 Å². The second-order valence-electron chi connectivity index (χ2n) is 7.26. The molecule has 0 radical (unpaired) electrons. The van der Waals surface area contributed by atoms with E-state index in [1.807, 2.05) is 62.4 Å². The summed E-state index contributed by atoms with van der Waals surface area (Å²) < 4.78 is 0.976. The molecule has 0 fully saturated rings. The number of hydrogen-bond donors (Lipinski definition) is 1. The van der Waals surface area contributed by atoms with E-state index in [1.54, 1.807) is 11.8 Å². The molecule has 0 unspecified atom stereocenters. The Hall–Kier alpha value is -1.50. The Morgan fingerprint density at radius 1 is 1.13 bits per heavy atom. The number of amides is 2. The summed E-state index contributed by atoms with van der Waals surface area (Å²) in [6.07, 6.45) is 0.842. The lowest BCUT2D eigenvalue weighted by molar-refractivity contribution is -0.138. The second-order valence-corrected chi connectivity index (χ2v) is 9.60. The van der Waals surface area contributed by atoms with E-state index in [0.29, 0.717) is 23.1 Å². The summed E-state index contributed by atoms with van der Waals surface area (Å²) in [5.74, 6) is 0.793. The maximum atomic E-state index is 13.1. The number of rotatable bonds is 10. The van der Waals surface area contributed by atoms with Crippen LogP contribution < -0.4 is 5.32 Å². The van der Waals surface area contributed by atoms with Crippen molar-refractivity contribution in [3.63, 3.8) is 0 Å². The zero-order valence-electron chi connectivity index (χ0n) is 17.5. The highest BCUT2D eigenvalue weighted by molar-refractivity contribution is 9.10. The first-order valence-corrected chi connectivity index (χ1v) is 12.3. The van der Waals surface area contributed by atoms with Crippen LogP contribution in [0.2, 0.25) is 5.02 Å². The number of benzene rings is 2. The molecule has 4 nitrogen and oxygen atoms in total. The molecule has 0 bridgehead atoms. The van der Waals surface area contributed by atoms with Crippen LogP contribution in [0.5, 0.6) is 0 Å². The molecule has 0 spiro atoms. The van der Waals surface area contributed by atoms with Gasteiger partial charge in [0.25, 0.3) is 0 Å². The molecule has 1 N–H and O–H groups in total. The topological polar surface area (TPSA) is 49.4 Å². The number of carbonyl (C=O) groups excluding carboxylic acids is 2. The van der Waals surface area contributed by atoms with Crippen molar-refractivity contribution in [1.29, 1.82) is 0 Å². The molecular weight excluding hydrogens is 484 g/mol. The number of nitrogens with zero attached hydrogens (tertiary/aromatic N) is 1. The molecule has 2 aromatic carbocycles. The first kappa shape index (κ1) is 24.8. The summed E-state index contributed by atoms with van der Waals surface area (Å²) in [4.78, 5) is 27.4. The monoisotopic (exact) mass is 510 g/mol. The van der Waals surface area contributed by atoms with E-state index in [2.05, 4.69) is 21.2 Å². The van der Waals surface area contributed by atoms with E-state index in [-0.39, 0.29) is 17.9 Å². The number of hydrogen-bond acceptors (Lipinski definition) is 3. The highest BCUT2D eigenvalue weighted by Crippen LogP contribution is 2.19. The minimum Gasteiger partial charge on any atom is -0.352 e. The van der Waals surface area contributed by atoms with Gasteiger partial charge >= 0.3 is 0 Å². The predicted octanol–water partition coefficient (Wildman–Crippen LogP) is 5.67. The lowest BCUT2D eigenvalue weighted by Gasteiger charge is -2.29. The minimum absolute atomic E-state index is 0.0586. The molecule has 162 valence electrons. The van der Waals surface area contributed by atoms with Gasteiger partial charge in [-0.1, -0.05) is 58.7 Å². The van der Waals surface area contributed by atoms with Crippen LogP contribution in [0.4, 0.5) is 0 Å². The summed E-state index contributed by atoms with van der Waals surface area (Å²) in [5.41, 5.74) is 2.05. The molecule has 0 saturated carbocycles. The fourth-order valence-corrected chi connectivity index (χ4v) is 4.14. The van der Waals surface area contributed by atoms with E-state index < -0.39 is 6.04 Å². The molecular formula is C23H28BrClN2O2S. The van der Waals surface area contributed by atoms with Crippen LogP contribution in [0.3, 0.4) is 0 Å². The Balaban J connectivity index is 2.07. The van der Waals surface area contributed by atoms with Gasteiger partial charge in [0.05, 0.1) is 5.75 Å². The number of halogens is 2. The minimum atomic E-state index is -0.554. The second kappa shape index (κ2) is 12.4. The standard InChI is InChI=1S/C23H28BrClN2O2S/c1-4-16(2)26-23(29)17(3)27(13-18-8-10-20(24)11-9-18)22(28)15-30-14-19-6-5-7-21(25)12-19/h5-12,16-17H,4,13-15H2,1-3H3,(H,26,29)/t16-,17-/m1/s1. The number of carbonyl (C=O) groups is 2. The summed E-state index contributed by atoms with van der Waals surface area (Å²) in [6.45, 7) is 6.16. The average Bonchev–Trinajstić information content (AvgIpc) is 2.72. The van der Waals surface area contributed by atoms with E-state index in [4.69, 9.17) is 11.6 Å². The number of thioether (sulfide) groups is 1. The molecule has 0 aliphatic carbocycles. The fourth-order valence-electron chi connectivity index (χ4n) is 2.80. The maximum Gasteiger partial charge on any atom is 0.242 e. The van der Waals surface area contributed by atoms with Crippen LogP contribution in [0.15, 0.2) is 53.0 Å². The van der Waals surface area contributed by atoms with Gasteiger partial charge in [-0.2, -0.15) is 0 Å². The molecule has 2 atom stereocenters. The highest BCUT2D eigenvalue weighted by atomic mass is 79.9. The van der Waals surface area contributed by atoms with Crippen molar-refractivity contribution >= 4 is 51.1 Å². The van der Waals surface area contributed by atoms with Crippen molar-refractivity contribution in [2.24, 2.45) is 0 Å². The maximum absolute atomic E-state index is 13.1. The van der Waals surface area contributed by atoms with Gasteiger partial charge in [-0.15, -0.1) is 11.8 Å². The normalized spacial score (nSPS) is 12.8. The molecule has 0 aliphatic heterocycles. The smallest absolute Gasteiger partial charge is 0.242 e. The van der Waals surface area contributed by atoms with Crippen LogP contribution in [0.25, 0.3) is 0 Å². The highest BCUT2D eigenvalue weighted by Gasteiger charge is 2.26. The molecule has 2 aromatic rings. The third kappa shape index (κ3) is 7.97. The van der Waals surface area contributed by atoms with E-state index >= 15 is 0 Å². The zero-order chi connectivity index (χ0) is 22.1. The zero-order valence-corrected chi connectivity index (χ0v) is 20.7. The molecule has 0 aliphatic rings. The van der Waals surface area contributed by atoms with Gasteiger partial charge in [0.15, 0.2) is 0 Å². The van der Waals surface area contributed by atoms with E-state index in [0.717, 1.165) is 22.0 Å². The molecule has 30 heavy (non-hydrogen) atoms. The van der Waals surface area contributed by atoms with Crippen molar-refractivity contribution in [3.05, 3.63) is 69.2 Å². The Kier molecular flexibility index (Phi) is 10.2. The van der Waals surface area contributed by atoms with Crippen LogP contribution in [0.1, 0.15) is 38.3 Å². The average molecular weight is 512 g/mol. The molecule has 2 amide bonds. The number of nitrogens with one attached hydrogen (secondary N) is 1. The van der Waals surface area contributed by atoms with Gasteiger partial charge in [-0.3, -0.25) is 9.59 Å². The van der Waals surface area contributed by atoms with Gasteiger partial charge in [0.2, 0.25) is 11.8 Å². The quantitative estimate of drug-likeness (QED) is 0.447. The first-order chi connectivity index (χ1) is 14.3. The first-order valence-electron chi connectivity index (χ1n) is 9.96. The van der Waals surface area contributed by atoms with Gasteiger partial charge < -0.3 is 10.2 Å². The van der Waals surface area contributed by atoms with Gasteiger partial charge in [-0.05, 0) is 55.7 Å². The summed E-state index contributed by atoms with van der Waals surface area (Å²) in [6, 6.07) is 15.0. The Bertz CT molecular complexity index is 847. The third-order valence-electron chi connectivity index (χ3n) is 4.82. The molecule has 0 aromatic heterocycles. The van der Waals surface area contributed by atoms with Gasteiger partial charge in [0.1, 0.15) is 6.04 Å². The lowest BCUT2D eigenvalue weighted by atomic mass is 10.1. The van der Waals surface area contributed by atoms with E-state index in [9.17, 15) is 9.59 Å². The fraction of sp³-hybridized carbons (Fsp3) is 0.391. The Morgan fingerprint density at radius 2 is 1.83 bits per heavy atom. The summed E-state index contributed by atoms with van der Waals surface area (Å²) in [5, 5.41) is 3.67. The van der Waals surface area contributed by atoms with Crippen LogP contribution in [0, 0.1) is 0 Å². The van der Waals surface area contributed by atoms with Crippen molar-refractivity contribution in [3.8, 4) is 0 Å². The molecule has 0 saturated heterocycles. The van der Waals surface area contributed by atoms with Gasteiger partial charge in [-0.25, -0.2) is 0 Å². The third-order valence-corrected chi connectivity index (χ3v) is 6.57. The van der Waals surface area contributed by atoms with E-state index in [1.165, 1.54) is 11.8 Å². The molecule has 0 heterocycles. The molecule has 7 heteroatoms. The van der Waals surface area contributed by atoms with Crippen molar-refractivity contribution in [2.45, 2.75) is 51.6 Å². The Labute approximate surface area is 196 Å². The lowest BCUT2D eigenvalue weighted by Crippen LogP contribution is -2.50. The summed E-state index contributed by atoms with van der Waals surface area (Å²) in [7, 11) is 0. The SMILES string of the molecule is CC[C@@H](C)NC(=O)[C@@H](C)N(Cc1ccc(Br)cc1)C(=O)CSCc1cccc(Cl)c1. The summed E-state index contributed by atoms with van der Waals surface area (Å²) >= 11 is 11.0. The van der Waals surface area contributed by atoms with Crippen LogP contribution >= 0.6 is 39.3 Å². The Morgan fingerprint density at radius 3 is 2.47 bits per heavy atom. The van der Waals surface area contributed by atoms with Gasteiger partial charge in [0, 0.05) is 27.8 Å². The van der Waals surface area contributed by atoms with Crippen molar-refractivity contribution in [1.82, 2.24) is 10.2 Å². The van der Waals surface area contributed by atoms with Crippen molar-refractivity contribution < 1.29 is 9.59 Å². The van der Waals surface area contributed by atoms with Crippen molar-refractivity contribution in [2.75, 3.05) is 5.75 Å². The van der Waals surface area contributed by atoms with Crippen LogP contribution in [-0.4, -0.2) is 34.6 Å². The predicted molar refractivity (Wildman–Crippen MR) is 130 cm³/mol. The largest absolute Gasteiger partial charge is 0.352 e. The molecule has 2 rings (SSSR count).